The molecule has 11 heavy (non-hydrogen) atoms. The molecule has 0 heterocycles. The van der Waals surface area contributed by atoms with Gasteiger partial charge < -0.3 is 0 Å². The van der Waals surface area contributed by atoms with Crippen molar-refractivity contribution < 1.29 is 19.8 Å². The fraction of sp³-hybridized carbons (Fsp3) is 0.250. The van der Waals surface area contributed by atoms with Crippen LogP contribution in [0.4, 0.5) is 0 Å². The molecule has 0 N–H and O–H groups in total. The molecule has 3 heteroatoms. The first-order chi connectivity index (χ1) is 4.38. The molecule has 0 unspecified atom stereocenters. The van der Waals surface area contributed by atoms with Crippen molar-refractivity contribution in [2.75, 3.05) is 0 Å². The van der Waals surface area contributed by atoms with E-state index in [0.717, 1.165) is 0 Å². The average molecular weight is 272 g/mol. The Morgan fingerprint density at radius 1 is 1.18 bits per heavy atom. The maximum absolute atomic E-state index is 2.29. The first-order valence-electron chi connectivity index (χ1n) is 3.14. The zero-order valence-electron chi connectivity index (χ0n) is 5.87. The standard InChI is InChI=1S/C8H7.2ClH.Mo/c1-2-4-7(3-1)8-5-6-8;;;/h1,3,5H,2,6H2;2*1H;. The first kappa shape index (κ1) is 11.5. The van der Waals surface area contributed by atoms with Crippen molar-refractivity contribution in [1.82, 2.24) is 0 Å². The second kappa shape index (κ2) is 4.50. The summed E-state index contributed by atoms with van der Waals surface area (Å²) in [5, 5.41) is 0. The van der Waals surface area contributed by atoms with E-state index in [1.54, 1.807) is 9.54 Å². The van der Waals surface area contributed by atoms with Gasteiger partial charge in [-0.2, -0.15) is 0 Å². The summed E-state index contributed by atoms with van der Waals surface area (Å²) >= 11 is 2.15. The van der Waals surface area contributed by atoms with E-state index in [0.29, 0.717) is 0 Å². The van der Waals surface area contributed by atoms with Gasteiger partial charge in [-0.15, -0.1) is 24.8 Å². The van der Waals surface area contributed by atoms with E-state index in [2.05, 4.69) is 38.0 Å². The minimum atomic E-state index is 0. The molecule has 0 nitrogen and oxygen atoms in total. The van der Waals surface area contributed by atoms with E-state index in [1.165, 1.54) is 18.4 Å². The van der Waals surface area contributed by atoms with Crippen LogP contribution < -0.4 is 0 Å². The summed E-state index contributed by atoms with van der Waals surface area (Å²) in [7, 11) is 0. The van der Waals surface area contributed by atoms with Gasteiger partial charge in [0.25, 0.3) is 0 Å². The molecule has 0 bridgehead atoms. The Bertz CT molecular complexity index is 238. The number of hydrogen-bond donors (Lipinski definition) is 0. The van der Waals surface area contributed by atoms with Crippen LogP contribution >= 0.6 is 24.8 Å². The van der Waals surface area contributed by atoms with Crippen LogP contribution in [-0.2, 0) is 19.8 Å². The van der Waals surface area contributed by atoms with E-state index in [-0.39, 0.29) is 24.8 Å². The van der Waals surface area contributed by atoms with Crippen molar-refractivity contribution in [2.45, 2.75) is 12.8 Å². The molecule has 0 aromatic carbocycles. The number of hydrogen-bond acceptors (Lipinski definition) is 0. The molecule has 0 fully saturated rings. The van der Waals surface area contributed by atoms with Crippen LogP contribution in [0.2, 0.25) is 0 Å². The predicted octanol–water partition coefficient (Wildman–Crippen LogP) is 2.92. The molecule has 0 aromatic heterocycles. The number of allylic oxidation sites excluding steroid dienone is 6. The fourth-order valence-electron chi connectivity index (χ4n) is 1.04. The van der Waals surface area contributed by atoms with Crippen molar-refractivity contribution in [3.63, 3.8) is 0 Å². The summed E-state index contributed by atoms with van der Waals surface area (Å²) in [6.45, 7) is 0. The average Bonchev–Trinajstić information content (AvgIpc) is 2.58. The summed E-state index contributed by atoms with van der Waals surface area (Å²) in [5.74, 6) is 0. The Labute approximate surface area is 90.5 Å². The van der Waals surface area contributed by atoms with Crippen molar-refractivity contribution in [3.8, 4) is 0 Å². The molecule has 0 aromatic rings. The normalized spacial score (nSPS) is 18.7. The summed E-state index contributed by atoms with van der Waals surface area (Å²) in [5.41, 5.74) is 3.07. The van der Waals surface area contributed by atoms with E-state index in [4.69, 9.17) is 0 Å². The zero-order valence-corrected chi connectivity index (χ0v) is 9.51. The van der Waals surface area contributed by atoms with Crippen LogP contribution in [-0.4, -0.2) is 0 Å². The van der Waals surface area contributed by atoms with Crippen LogP contribution in [0, 0.1) is 0 Å². The molecule has 0 aliphatic heterocycles. The van der Waals surface area contributed by atoms with Crippen LogP contribution in [0.1, 0.15) is 12.8 Å². The van der Waals surface area contributed by atoms with E-state index < -0.39 is 0 Å². The molecule has 0 atom stereocenters. The van der Waals surface area contributed by atoms with Gasteiger partial charge in [0.1, 0.15) is 0 Å². The molecule has 0 radical (unpaired) electrons. The van der Waals surface area contributed by atoms with Crippen LogP contribution in [0.25, 0.3) is 0 Å². The summed E-state index contributed by atoms with van der Waals surface area (Å²) in [6, 6.07) is 0. The quantitative estimate of drug-likeness (QED) is 0.644. The van der Waals surface area contributed by atoms with E-state index in [1.807, 2.05) is 0 Å². The molecule has 2 aliphatic rings. The molecule has 0 spiro atoms. The minimum absolute atomic E-state index is 0. The molecule has 2 aliphatic carbocycles. The van der Waals surface area contributed by atoms with E-state index in [9.17, 15) is 0 Å². The van der Waals surface area contributed by atoms with Crippen molar-refractivity contribution in [1.29, 1.82) is 0 Å². The van der Waals surface area contributed by atoms with Gasteiger partial charge in [-0.05, 0) is 0 Å². The third-order valence-electron chi connectivity index (χ3n) is 1.64. The molecule has 61 valence electrons. The van der Waals surface area contributed by atoms with Gasteiger partial charge in [0.05, 0.1) is 0 Å². The third kappa shape index (κ3) is 2.47. The van der Waals surface area contributed by atoms with E-state index >= 15 is 0 Å². The molecular weight excluding hydrogens is 263 g/mol. The van der Waals surface area contributed by atoms with Crippen LogP contribution in [0.15, 0.2) is 33.3 Å². The van der Waals surface area contributed by atoms with Gasteiger partial charge in [0.2, 0.25) is 0 Å². The number of rotatable bonds is 1. The Balaban J connectivity index is 0.000000500. The van der Waals surface area contributed by atoms with Crippen molar-refractivity contribution in [3.05, 3.63) is 33.3 Å². The second-order valence-corrected chi connectivity index (χ2v) is 3.59. The third-order valence-corrected chi connectivity index (χ3v) is 2.59. The number of halogens is 2. The van der Waals surface area contributed by atoms with Gasteiger partial charge in [-0.25, -0.2) is 0 Å². The predicted molar refractivity (Wildman–Crippen MR) is 48.0 cm³/mol. The first-order valence-corrected chi connectivity index (χ1v) is 4.14. The molecule has 0 saturated carbocycles. The Kier molecular flexibility index (Phi) is 4.70. The van der Waals surface area contributed by atoms with Gasteiger partial charge >= 0.3 is 66.0 Å². The van der Waals surface area contributed by atoms with Gasteiger partial charge in [-0.1, -0.05) is 0 Å². The van der Waals surface area contributed by atoms with Gasteiger partial charge in [0.15, 0.2) is 0 Å². The Morgan fingerprint density at radius 3 is 2.18 bits per heavy atom. The monoisotopic (exact) mass is 273 g/mol. The van der Waals surface area contributed by atoms with Crippen LogP contribution in [0.3, 0.4) is 0 Å². The SMILES string of the molecule is Cl.Cl.[Mo][C]1=C(C2=CC2)C=CC1. The second-order valence-electron chi connectivity index (χ2n) is 2.38. The van der Waals surface area contributed by atoms with Crippen molar-refractivity contribution >= 4 is 24.8 Å². The fourth-order valence-corrected chi connectivity index (χ4v) is 1.77. The van der Waals surface area contributed by atoms with Gasteiger partial charge in [0, 0.05) is 0 Å². The molecule has 0 saturated heterocycles. The summed E-state index contributed by atoms with van der Waals surface area (Å²) < 4.78 is 1.55. The van der Waals surface area contributed by atoms with Crippen molar-refractivity contribution in [2.24, 2.45) is 0 Å². The Hall–Kier alpha value is 0.488. The molecular formula is C8H9Cl2Mo. The summed E-state index contributed by atoms with van der Waals surface area (Å²) in [6.07, 6.45) is 9.19. The molecule has 2 rings (SSSR count). The topological polar surface area (TPSA) is 0 Å². The maximum atomic E-state index is 2.29. The molecule has 0 amide bonds. The zero-order chi connectivity index (χ0) is 6.27. The summed E-state index contributed by atoms with van der Waals surface area (Å²) in [4.78, 5) is 0. The van der Waals surface area contributed by atoms with Crippen LogP contribution in [0.5, 0.6) is 0 Å². The van der Waals surface area contributed by atoms with Gasteiger partial charge in [-0.3, -0.25) is 0 Å². The Morgan fingerprint density at radius 2 is 1.82 bits per heavy atom.